The Kier molecular flexibility index (Phi) is 5.31. The van der Waals surface area contributed by atoms with Crippen LogP contribution < -0.4 is 10.2 Å². The van der Waals surface area contributed by atoms with Crippen LogP contribution >= 0.6 is 12.2 Å². The van der Waals surface area contributed by atoms with Crippen LogP contribution in [-0.4, -0.2) is 15.0 Å². The Labute approximate surface area is 193 Å². The van der Waals surface area contributed by atoms with Crippen LogP contribution in [0, 0.1) is 15.9 Å². The number of hydrogen-bond acceptors (Lipinski definition) is 5. The van der Waals surface area contributed by atoms with E-state index in [1.807, 2.05) is 35.2 Å². The van der Waals surface area contributed by atoms with E-state index in [1.165, 1.54) is 24.3 Å². The van der Waals surface area contributed by atoms with Crippen LogP contribution in [0.5, 0.6) is 0 Å². The zero-order chi connectivity index (χ0) is 22.9. The summed E-state index contributed by atoms with van der Waals surface area (Å²) >= 11 is 5.64. The number of aromatic nitrogens is 1. The quantitative estimate of drug-likeness (QED) is 0.237. The molecule has 0 amide bonds. The molecule has 164 valence electrons. The van der Waals surface area contributed by atoms with Crippen molar-refractivity contribution in [2.45, 2.75) is 12.1 Å². The summed E-state index contributed by atoms with van der Waals surface area (Å²) in [6.07, 6.45) is 1.71. The molecule has 0 spiro atoms. The van der Waals surface area contributed by atoms with Gasteiger partial charge in [0.1, 0.15) is 23.4 Å². The van der Waals surface area contributed by atoms with Gasteiger partial charge in [0.25, 0.3) is 5.69 Å². The van der Waals surface area contributed by atoms with Crippen molar-refractivity contribution in [2.24, 2.45) is 0 Å². The summed E-state index contributed by atoms with van der Waals surface area (Å²) in [5, 5.41) is 14.7. The van der Waals surface area contributed by atoms with Gasteiger partial charge >= 0.3 is 0 Å². The largest absolute Gasteiger partial charge is 0.459 e. The Morgan fingerprint density at radius 3 is 2.45 bits per heavy atom. The molecule has 1 aliphatic heterocycles. The molecule has 1 fully saturated rings. The van der Waals surface area contributed by atoms with Crippen LogP contribution in [0.15, 0.2) is 89.5 Å². The highest BCUT2D eigenvalue weighted by molar-refractivity contribution is 7.80. The van der Waals surface area contributed by atoms with Gasteiger partial charge in [-0.05, 0) is 72.9 Å². The number of nitro benzene ring substituents is 1. The average molecular weight is 460 g/mol. The fourth-order valence-corrected chi connectivity index (χ4v) is 4.28. The highest BCUT2D eigenvalue weighted by atomic mass is 32.1. The standard InChI is InChI=1S/C24H17FN4O3S/c25-16-6-10-17(11-7-16)28-23(22(27-24(28)33)19-3-1-2-14-26-19)21-13-12-20(32-21)15-4-8-18(9-5-15)29(30)31/h1-14,22-23H,(H,27,33). The maximum atomic E-state index is 13.6. The number of benzene rings is 2. The molecule has 1 N–H and O–H groups in total. The van der Waals surface area contributed by atoms with Gasteiger partial charge in [0.05, 0.1) is 16.7 Å². The predicted octanol–water partition coefficient (Wildman–Crippen LogP) is 5.57. The van der Waals surface area contributed by atoms with Gasteiger partial charge in [-0.3, -0.25) is 15.1 Å². The minimum Gasteiger partial charge on any atom is -0.459 e. The summed E-state index contributed by atoms with van der Waals surface area (Å²) in [4.78, 5) is 16.9. The highest BCUT2D eigenvalue weighted by Crippen LogP contribution is 2.42. The van der Waals surface area contributed by atoms with Gasteiger partial charge < -0.3 is 14.6 Å². The van der Waals surface area contributed by atoms with Crippen LogP contribution in [0.1, 0.15) is 23.5 Å². The van der Waals surface area contributed by atoms with Crippen molar-refractivity contribution >= 4 is 28.7 Å². The summed E-state index contributed by atoms with van der Waals surface area (Å²) < 4.78 is 19.8. The monoisotopic (exact) mass is 460 g/mol. The van der Waals surface area contributed by atoms with E-state index in [0.29, 0.717) is 27.9 Å². The first-order valence-electron chi connectivity index (χ1n) is 10.1. The second-order valence-electron chi connectivity index (χ2n) is 7.48. The molecule has 5 rings (SSSR count). The first-order valence-corrected chi connectivity index (χ1v) is 10.5. The molecule has 7 nitrogen and oxygen atoms in total. The number of nitro groups is 1. The van der Waals surface area contributed by atoms with Crippen LogP contribution in [0.3, 0.4) is 0 Å². The molecule has 4 aromatic rings. The van der Waals surface area contributed by atoms with E-state index in [2.05, 4.69) is 10.3 Å². The number of nitrogens with one attached hydrogen (secondary N) is 1. The van der Waals surface area contributed by atoms with E-state index < -0.39 is 4.92 Å². The van der Waals surface area contributed by atoms with E-state index >= 15 is 0 Å². The Morgan fingerprint density at radius 1 is 1.03 bits per heavy atom. The Balaban J connectivity index is 1.56. The number of non-ortho nitro benzene ring substituents is 1. The van der Waals surface area contributed by atoms with Crippen molar-refractivity contribution in [3.05, 3.63) is 112 Å². The first-order chi connectivity index (χ1) is 16.0. The Bertz CT molecular complexity index is 1310. The van der Waals surface area contributed by atoms with Gasteiger partial charge in [0.15, 0.2) is 5.11 Å². The van der Waals surface area contributed by atoms with E-state index in [-0.39, 0.29) is 23.6 Å². The maximum Gasteiger partial charge on any atom is 0.269 e. The molecule has 2 aromatic carbocycles. The lowest BCUT2D eigenvalue weighted by atomic mass is 10.0. The predicted molar refractivity (Wildman–Crippen MR) is 125 cm³/mol. The second kappa shape index (κ2) is 8.44. The van der Waals surface area contributed by atoms with Gasteiger partial charge in [0.2, 0.25) is 0 Å². The van der Waals surface area contributed by atoms with Crippen molar-refractivity contribution < 1.29 is 13.7 Å². The molecule has 1 saturated heterocycles. The molecule has 2 unspecified atom stereocenters. The summed E-state index contributed by atoms with van der Waals surface area (Å²) in [6, 6.07) is 20.9. The molecule has 33 heavy (non-hydrogen) atoms. The van der Waals surface area contributed by atoms with Crippen molar-refractivity contribution in [1.29, 1.82) is 0 Å². The van der Waals surface area contributed by atoms with Gasteiger partial charge in [-0.1, -0.05) is 6.07 Å². The molecule has 2 atom stereocenters. The van der Waals surface area contributed by atoms with Crippen LogP contribution in [0.25, 0.3) is 11.3 Å². The van der Waals surface area contributed by atoms with Crippen molar-refractivity contribution in [3.63, 3.8) is 0 Å². The average Bonchev–Trinajstić information content (AvgIpc) is 3.45. The molecule has 3 heterocycles. The van der Waals surface area contributed by atoms with Crippen molar-refractivity contribution in [1.82, 2.24) is 10.3 Å². The lowest BCUT2D eigenvalue weighted by molar-refractivity contribution is -0.384. The van der Waals surface area contributed by atoms with Crippen LogP contribution in [0.2, 0.25) is 0 Å². The summed E-state index contributed by atoms with van der Waals surface area (Å²) in [5.74, 6) is 0.848. The zero-order valence-corrected chi connectivity index (χ0v) is 17.9. The minimum absolute atomic E-state index is 0.00794. The van der Waals surface area contributed by atoms with Gasteiger partial charge in [-0.2, -0.15) is 0 Å². The molecule has 0 aliphatic carbocycles. The zero-order valence-electron chi connectivity index (χ0n) is 17.1. The molecule has 0 saturated carbocycles. The molecule has 1 aliphatic rings. The van der Waals surface area contributed by atoms with Gasteiger partial charge in [-0.25, -0.2) is 4.39 Å². The molecule has 9 heteroatoms. The normalized spacial score (nSPS) is 17.7. The summed E-state index contributed by atoms with van der Waals surface area (Å²) in [6.45, 7) is 0. The van der Waals surface area contributed by atoms with Crippen molar-refractivity contribution in [2.75, 3.05) is 4.90 Å². The fraction of sp³-hybridized carbons (Fsp3) is 0.0833. The molecular formula is C24H17FN4O3S. The topological polar surface area (TPSA) is 84.4 Å². The molecule has 0 radical (unpaired) electrons. The summed E-state index contributed by atoms with van der Waals surface area (Å²) in [5.41, 5.74) is 2.21. The number of thiocarbonyl (C=S) groups is 1. The smallest absolute Gasteiger partial charge is 0.269 e. The fourth-order valence-electron chi connectivity index (χ4n) is 3.94. The molecule has 0 bridgehead atoms. The number of anilines is 1. The lowest BCUT2D eigenvalue weighted by Gasteiger charge is -2.26. The lowest BCUT2D eigenvalue weighted by Crippen LogP contribution is -2.29. The molecule has 2 aromatic heterocycles. The summed E-state index contributed by atoms with van der Waals surface area (Å²) in [7, 11) is 0. The number of furan rings is 1. The first kappa shape index (κ1) is 20.8. The maximum absolute atomic E-state index is 13.6. The number of halogens is 1. The number of hydrogen-bond donors (Lipinski definition) is 1. The van der Waals surface area contributed by atoms with E-state index in [9.17, 15) is 14.5 Å². The number of rotatable bonds is 5. The van der Waals surface area contributed by atoms with Crippen LogP contribution in [-0.2, 0) is 0 Å². The van der Waals surface area contributed by atoms with Crippen molar-refractivity contribution in [3.8, 4) is 11.3 Å². The number of pyridine rings is 1. The SMILES string of the molecule is O=[N+]([O-])c1ccc(-c2ccc(C3C(c4ccccn4)NC(=S)N3c3ccc(F)cc3)o2)cc1. The van der Waals surface area contributed by atoms with Gasteiger partial charge in [0, 0.05) is 29.6 Å². The second-order valence-corrected chi connectivity index (χ2v) is 7.87. The third kappa shape index (κ3) is 3.94. The van der Waals surface area contributed by atoms with E-state index in [1.54, 1.807) is 30.5 Å². The molecular weight excluding hydrogens is 443 g/mol. The Hall–Kier alpha value is -4.11. The minimum atomic E-state index is -0.444. The number of nitrogens with zero attached hydrogens (tertiary/aromatic N) is 3. The Morgan fingerprint density at radius 2 is 1.79 bits per heavy atom. The van der Waals surface area contributed by atoms with Crippen LogP contribution in [0.4, 0.5) is 15.8 Å². The third-order valence-corrected chi connectivity index (χ3v) is 5.80. The highest BCUT2D eigenvalue weighted by Gasteiger charge is 2.42. The third-order valence-electron chi connectivity index (χ3n) is 5.48. The van der Waals surface area contributed by atoms with E-state index in [0.717, 1.165) is 5.69 Å². The van der Waals surface area contributed by atoms with E-state index in [4.69, 9.17) is 16.6 Å². The van der Waals surface area contributed by atoms with Gasteiger partial charge in [-0.15, -0.1) is 0 Å².